The molecule has 0 heterocycles. The molecule has 0 spiro atoms. The fourth-order valence-electron chi connectivity index (χ4n) is 4.87. The summed E-state index contributed by atoms with van der Waals surface area (Å²) < 4.78 is 6.87. The van der Waals surface area contributed by atoms with Gasteiger partial charge in [0.05, 0.1) is 0 Å². The molecule has 0 aliphatic carbocycles. The van der Waals surface area contributed by atoms with Crippen LogP contribution in [0.2, 0.25) is 0 Å². The van der Waals surface area contributed by atoms with E-state index in [9.17, 15) is 0 Å². The van der Waals surface area contributed by atoms with Gasteiger partial charge in [0.2, 0.25) is 0 Å². The van der Waals surface area contributed by atoms with E-state index < -0.39 is 0 Å². The highest BCUT2D eigenvalue weighted by Gasteiger charge is 2.35. The first kappa shape index (κ1) is 30.1. The number of nitrogens with zero attached hydrogens (tertiary/aromatic N) is 1. The van der Waals surface area contributed by atoms with E-state index in [-0.39, 0.29) is 16.0 Å². The summed E-state index contributed by atoms with van der Waals surface area (Å²) in [6.45, 7) is 19.2. The molecule has 2 nitrogen and oxygen atoms in total. The Morgan fingerprint density at radius 1 is 0.816 bits per heavy atom. The van der Waals surface area contributed by atoms with E-state index in [2.05, 4.69) is 127 Å². The van der Waals surface area contributed by atoms with Gasteiger partial charge in [0.15, 0.2) is 0 Å². The smallest absolute Gasteiger partial charge is 0.127 e. The molecule has 204 valence electrons. The number of unbranched alkanes of at least 4 members (excludes halogenated alkanes) is 1. The van der Waals surface area contributed by atoms with Crippen molar-refractivity contribution in [3.8, 4) is 5.75 Å². The molecule has 0 bridgehead atoms. The molecular weight excluding hydrogens is 481 g/mol. The van der Waals surface area contributed by atoms with Crippen molar-refractivity contribution in [3.05, 3.63) is 94.5 Å². The third kappa shape index (κ3) is 7.57. The van der Waals surface area contributed by atoms with Crippen molar-refractivity contribution in [1.82, 2.24) is 0 Å². The minimum atomic E-state index is -0.0685. The number of aliphatic imine (C=N–C) groups is 1. The number of rotatable bonds is 10. The third-order valence-electron chi connectivity index (χ3n) is 7.25. The topological polar surface area (TPSA) is 21.6 Å². The Labute approximate surface area is 234 Å². The predicted octanol–water partition coefficient (Wildman–Crippen LogP) is 9.32. The van der Waals surface area contributed by atoms with Crippen molar-refractivity contribution < 1.29 is 4.74 Å². The van der Waals surface area contributed by atoms with E-state index in [1.807, 2.05) is 13.3 Å². The van der Waals surface area contributed by atoms with Crippen LogP contribution in [0.25, 0.3) is 0 Å². The Morgan fingerprint density at radius 3 is 2.05 bits per heavy atom. The summed E-state index contributed by atoms with van der Waals surface area (Å²) in [7, 11) is 2.46. The zero-order valence-corrected chi connectivity index (χ0v) is 26.1. The fraction of sp³-hybridized carbons (Fsp3) is 0.457. The van der Waals surface area contributed by atoms with E-state index in [4.69, 9.17) is 4.74 Å². The lowest BCUT2D eigenvalue weighted by atomic mass is 9.76. The monoisotopic (exact) mass is 529 g/mol. The molecule has 0 aliphatic rings. The van der Waals surface area contributed by atoms with Crippen LogP contribution in [-0.4, -0.2) is 13.3 Å². The molecule has 2 atom stereocenters. The Balaban J connectivity index is 2.28. The Hall–Kier alpha value is -2.44. The van der Waals surface area contributed by atoms with Gasteiger partial charge in [0.1, 0.15) is 12.4 Å². The first-order valence-electron chi connectivity index (χ1n) is 14.0. The summed E-state index contributed by atoms with van der Waals surface area (Å²) in [5.41, 5.74) is 6.41. The van der Waals surface area contributed by atoms with E-state index in [0.717, 1.165) is 12.2 Å². The zero-order valence-electron chi connectivity index (χ0n) is 25.1. The van der Waals surface area contributed by atoms with Crippen molar-refractivity contribution >= 4 is 20.1 Å². The number of hydrogen-bond acceptors (Lipinski definition) is 2. The van der Waals surface area contributed by atoms with Gasteiger partial charge in [-0.3, -0.25) is 4.99 Å². The van der Waals surface area contributed by atoms with Gasteiger partial charge >= 0.3 is 0 Å². The molecule has 0 amide bonds. The minimum absolute atomic E-state index is 0.0360. The Kier molecular flexibility index (Phi) is 9.99. The molecule has 3 aromatic rings. The van der Waals surface area contributed by atoms with Gasteiger partial charge in [0, 0.05) is 29.5 Å². The van der Waals surface area contributed by atoms with Gasteiger partial charge in [0.25, 0.3) is 0 Å². The molecule has 3 rings (SSSR count). The van der Waals surface area contributed by atoms with Crippen LogP contribution in [0.4, 0.5) is 0 Å². The molecule has 3 aromatic carbocycles. The molecule has 0 saturated heterocycles. The van der Waals surface area contributed by atoms with Gasteiger partial charge < -0.3 is 4.74 Å². The first-order valence-corrected chi connectivity index (χ1v) is 15.0. The zero-order chi connectivity index (χ0) is 28.0. The standard InChI is InChI=1S/C35H48NOP/c1-10-11-21-35(8,38-31-20-16-15-19-27(31)24-36-9)30-23-28(33(2,3)4)22-29(34(5,6)7)32(30)37-25-26-17-13-12-14-18-26/h12-20,22-24,38H,10-11,21,25H2,1-9H3/b36-24+. The lowest BCUT2D eigenvalue weighted by Crippen LogP contribution is -2.26. The summed E-state index contributed by atoms with van der Waals surface area (Å²) in [5, 5.41) is 1.30. The van der Waals surface area contributed by atoms with Crippen molar-refractivity contribution in [2.24, 2.45) is 4.99 Å². The summed E-state index contributed by atoms with van der Waals surface area (Å²) in [6.07, 6.45) is 5.46. The molecule has 2 unspecified atom stereocenters. The van der Waals surface area contributed by atoms with Crippen LogP contribution in [0.5, 0.6) is 5.75 Å². The maximum absolute atomic E-state index is 6.87. The third-order valence-corrected chi connectivity index (χ3v) is 9.05. The maximum atomic E-state index is 6.87. The summed E-state index contributed by atoms with van der Waals surface area (Å²) in [4.78, 5) is 4.36. The average molecular weight is 530 g/mol. The quantitative estimate of drug-likeness (QED) is 0.189. The molecular formula is C35H48NOP. The van der Waals surface area contributed by atoms with Crippen LogP contribution in [-0.2, 0) is 22.6 Å². The van der Waals surface area contributed by atoms with E-state index >= 15 is 0 Å². The number of benzene rings is 3. The van der Waals surface area contributed by atoms with Crippen LogP contribution in [0.3, 0.4) is 0 Å². The highest BCUT2D eigenvalue weighted by molar-refractivity contribution is 7.48. The summed E-state index contributed by atoms with van der Waals surface area (Å²) >= 11 is 0. The number of hydrogen-bond donors (Lipinski definition) is 0. The van der Waals surface area contributed by atoms with Crippen LogP contribution < -0.4 is 10.0 Å². The van der Waals surface area contributed by atoms with E-state index in [1.54, 1.807) is 0 Å². The first-order chi connectivity index (χ1) is 17.9. The van der Waals surface area contributed by atoms with Crippen molar-refractivity contribution in [2.75, 3.05) is 7.05 Å². The van der Waals surface area contributed by atoms with Crippen molar-refractivity contribution in [3.63, 3.8) is 0 Å². The molecule has 0 radical (unpaired) electrons. The summed E-state index contributed by atoms with van der Waals surface area (Å²) in [6, 6.07) is 24.2. The van der Waals surface area contributed by atoms with Crippen molar-refractivity contribution in [1.29, 1.82) is 0 Å². The van der Waals surface area contributed by atoms with Crippen LogP contribution in [0, 0.1) is 0 Å². The summed E-state index contributed by atoms with van der Waals surface area (Å²) in [5.74, 6) is 1.07. The van der Waals surface area contributed by atoms with Crippen LogP contribution >= 0.6 is 8.58 Å². The normalized spacial score (nSPS) is 14.3. The molecule has 0 fully saturated rings. The molecule has 0 aliphatic heterocycles. The highest BCUT2D eigenvalue weighted by atomic mass is 31.1. The lowest BCUT2D eigenvalue weighted by molar-refractivity contribution is 0.290. The Bertz CT molecular complexity index is 1220. The maximum Gasteiger partial charge on any atom is 0.127 e. The second-order valence-electron chi connectivity index (χ2n) is 12.7. The van der Waals surface area contributed by atoms with Gasteiger partial charge in [-0.1, -0.05) is 144 Å². The number of ether oxygens (including phenoxy) is 1. The Morgan fingerprint density at radius 2 is 1.45 bits per heavy atom. The van der Waals surface area contributed by atoms with Crippen LogP contribution in [0.1, 0.15) is 102 Å². The molecule has 0 N–H and O–H groups in total. The fourth-order valence-corrected chi connectivity index (χ4v) is 6.56. The van der Waals surface area contributed by atoms with Gasteiger partial charge in [-0.05, 0) is 39.2 Å². The van der Waals surface area contributed by atoms with Gasteiger partial charge in [-0.15, -0.1) is 0 Å². The second-order valence-corrected chi connectivity index (χ2v) is 14.6. The van der Waals surface area contributed by atoms with Gasteiger partial charge in [-0.25, -0.2) is 0 Å². The van der Waals surface area contributed by atoms with E-state index in [1.165, 1.54) is 46.0 Å². The van der Waals surface area contributed by atoms with Crippen LogP contribution in [0.15, 0.2) is 71.7 Å². The highest BCUT2D eigenvalue weighted by Crippen LogP contribution is 2.52. The van der Waals surface area contributed by atoms with Gasteiger partial charge in [-0.2, -0.15) is 0 Å². The van der Waals surface area contributed by atoms with Crippen molar-refractivity contribution in [2.45, 2.75) is 97.2 Å². The SMILES string of the molecule is CCCCC(C)(Pc1ccccc1/C=N/C)c1cc(C(C)(C)C)cc(C(C)(C)C)c1OCc1ccccc1. The molecule has 3 heteroatoms. The largest absolute Gasteiger partial charge is 0.488 e. The van der Waals surface area contributed by atoms with E-state index in [0.29, 0.717) is 15.2 Å². The average Bonchev–Trinajstić information content (AvgIpc) is 2.86. The molecule has 0 aromatic heterocycles. The molecule has 0 saturated carbocycles. The minimum Gasteiger partial charge on any atom is -0.488 e. The lowest BCUT2D eigenvalue weighted by Gasteiger charge is -2.37. The predicted molar refractivity (Wildman–Crippen MR) is 169 cm³/mol. The second kappa shape index (κ2) is 12.6. The molecule has 38 heavy (non-hydrogen) atoms.